The predicted octanol–water partition coefficient (Wildman–Crippen LogP) is 0.980. The van der Waals surface area contributed by atoms with Crippen LogP contribution in [0.15, 0.2) is 6.33 Å². The lowest BCUT2D eigenvalue weighted by atomic mass is 10.2. The summed E-state index contributed by atoms with van der Waals surface area (Å²) in [6.45, 7) is 2.62. The van der Waals surface area contributed by atoms with Crippen LogP contribution in [0.5, 0.6) is 0 Å². The highest BCUT2D eigenvalue weighted by Crippen LogP contribution is 2.06. The summed E-state index contributed by atoms with van der Waals surface area (Å²) in [4.78, 5) is 30.3. The number of amides is 1. The van der Waals surface area contributed by atoms with Gasteiger partial charge in [-0.05, 0) is 6.42 Å². The third kappa shape index (κ3) is 2.59. The highest BCUT2D eigenvalue weighted by Gasteiger charge is 2.22. The third-order valence-corrected chi connectivity index (χ3v) is 2.25. The van der Waals surface area contributed by atoms with Crippen LogP contribution in [0.4, 0.5) is 0 Å². The van der Waals surface area contributed by atoms with Gasteiger partial charge in [0.1, 0.15) is 0 Å². The average Bonchev–Trinajstić information content (AvgIpc) is 2.73. The van der Waals surface area contributed by atoms with Crippen molar-refractivity contribution in [2.45, 2.75) is 19.8 Å². The number of aromatic nitrogens is 2. The summed E-state index contributed by atoms with van der Waals surface area (Å²) in [5.41, 5.74) is -0.195. The van der Waals surface area contributed by atoms with Gasteiger partial charge in [0.05, 0.1) is 6.33 Å². The topological polar surface area (TPSA) is 86.3 Å². The van der Waals surface area contributed by atoms with Crippen LogP contribution in [0.1, 0.15) is 40.7 Å². The number of hydrogen-bond donors (Lipinski definition) is 2. The molecule has 1 rings (SSSR count). The Labute approximate surface area is 93.3 Å². The van der Waals surface area contributed by atoms with Crippen LogP contribution < -0.4 is 0 Å². The van der Waals surface area contributed by atoms with Crippen molar-refractivity contribution < 1.29 is 14.7 Å². The van der Waals surface area contributed by atoms with Gasteiger partial charge < -0.3 is 15.0 Å². The van der Waals surface area contributed by atoms with Crippen LogP contribution in [0.3, 0.4) is 0 Å². The first-order valence-electron chi connectivity index (χ1n) is 5.10. The zero-order chi connectivity index (χ0) is 12.1. The van der Waals surface area contributed by atoms with E-state index in [-0.39, 0.29) is 17.3 Å². The summed E-state index contributed by atoms with van der Waals surface area (Å²) in [5.74, 6) is -1.54. The Hall–Kier alpha value is -1.85. The molecule has 0 unspecified atom stereocenters. The second-order valence-electron chi connectivity index (χ2n) is 3.51. The number of H-pyrrole nitrogens is 1. The average molecular weight is 225 g/mol. The second kappa shape index (κ2) is 5.29. The van der Waals surface area contributed by atoms with Gasteiger partial charge in [0.15, 0.2) is 11.4 Å². The number of rotatable bonds is 5. The number of aromatic carboxylic acids is 1. The molecule has 6 nitrogen and oxygen atoms in total. The fraction of sp³-hybridized carbons (Fsp3) is 0.500. The van der Waals surface area contributed by atoms with Gasteiger partial charge >= 0.3 is 5.97 Å². The molecule has 1 aromatic heterocycles. The van der Waals surface area contributed by atoms with Gasteiger partial charge in [-0.25, -0.2) is 9.78 Å². The first-order chi connectivity index (χ1) is 7.57. The fourth-order valence-corrected chi connectivity index (χ4v) is 1.30. The Bertz CT molecular complexity index is 386. The SMILES string of the molecule is CCCCN(C)C(=O)c1nc[nH]c1C(=O)O. The minimum atomic E-state index is -1.18. The minimum absolute atomic E-state index is 0.0360. The van der Waals surface area contributed by atoms with Crippen molar-refractivity contribution in [2.75, 3.05) is 13.6 Å². The van der Waals surface area contributed by atoms with Crippen LogP contribution in [0, 0.1) is 0 Å². The zero-order valence-electron chi connectivity index (χ0n) is 9.36. The summed E-state index contributed by atoms with van der Waals surface area (Å²) in [6, 6.07) is 0. The van der Waals surface area contributed by atoms with E-state index >= 15 is 0 Å². The number of carboxylic acid groups (broad SMARTS) is 1. The van der Waals surface area contributed by atoms with Crippen LogP contribution >= 0.6 is 0 Å². The van der Waals surface area contributed by atoms with E-state index < -0.39 is 5.97 Å². The van der Waals surface area contributed by atoms with E-state index in [1.165, 1.54) is 11.2 Å². The predicted molar refractivity (Wildman–Crippen MR) is 57.4 cm³/mol. The molecule has 0 saturated heterocycles. The van der Waals surface area contributed by atoms with Gasteiger partial charge in [-0.1, -0.05) is 13.3 Å². The van der Waals surface area contributed by atoms with Crippen LogP contribution in [0.25, 0.3) is 0 Å². The number of aromatic amines is 1. The van der Waals surface area contributed by atoms with E-state index in [1.807, 2.05) is 6.92 Å². The lowest BCUT2D eigenvalue weighted by Crippen LogP contribution is -2.29. The molecule has 0 fully saturated rings. The summed E-state index contributed by atoms with van der Waals surface area (Å²) >= 11 is 0. The van der Waals surface area contributed by atoms with E-state index in [2.05, 4.69) is 9.97 Å². The number of nitrogens with zero attached hydrogens (tertiary/aromatic N) is 2. The molecule has 6 heteroatoms. The fourth-order valence-electron chi connectivity index (χ4n) is 1.30. The molecule has 0 atom stereocenters. The molecule has 0 aromatic carbocycles. The molecular weight excluding hydrogens is 210 g/mol. The van der Waals surface area contributed by atoms with Gasteiger partial charge in [0, 0.05) is 13.6 Å². The molecule has 0 aliphatic rings. The highest BCUT2D eigenvalue weighted by atomic mass is 16.4. The van der Waals surface area contributed by atoms with E-state index in [9.17, 15) is 9.59 Å². The zero-order valence-corrected chi connectivity index (χ0v) is 9.36. The summed E-state index contributed by atoms with van der Waals surface area (Å²) < 4.78 is 0. The molecular formula is C10H15N3O3. The Morgan fingerprint density at radius 3 is 2.81 bits per heavy atom. The number of carbonyl (C=O) groups is 2. The van der Waals surface area contributed by atoms with Crippen molar-refractivity contribution in [3.8, 4) is 0 Å². The minimum Gasteiger partial charge on any atom is -0.477 e. The molecule has 1 amide bonds. The van der Waals surface area contributed by atoms with Crippen molar-refractivity contribution in [2.24, 2.45) is 0 Å². The number of nitrogens with one attached hydrogen (secondary N) is 1. The van der Waals surface area contributed by atoms with Crippen molar-refractivity contribution in [3.63, 3.8) is 0 Å². The van der Waals surface area contributed by atoms with E-state index in [1.54, 1.807) is 7.05 Å². The quantitative estimate of drug-likeness (QED) is 0.782. The smallest absolute Gasteiger partial charge is 0.354 e. The molecule has 0 spiro atoms. The monoisotopic (exact) mass is 225 g/mol. The molecule has 1 aromatic rings. The first-order valence-corrected chi connectivity index (χ1v) is 5.10. The third-order valence-electron chi connectivity index (χ3n) is 2.25. The number of carbonyl (C=O) groups excluding carboxylic acids is 1. The summed E-state index contributed by atoms with van der Waals surface area (Å²) in [5, 5.41) is 8.82. The highest BCUT2D eigenvalue weighted by molar-refractivity contribution is 6.02. The largest absolute Gasteiger partial charge is 0.477 e. The van der Waals surface area contributed by atoms with Gasteiger partial charge in [0.25, 0.3) is 5.91 Å². The lowest BCUT2D eigenvalue weighted by molar-refractivity contribution is 0.0675. The number of hydrogen-bond acceptors (Lipinski definition) is 3. The second-order valence-corrected chi connectivity index (χ2v) is 3.51. The maximum atomic E-state index is 11.8. The van der Waals surface area contributed by atoms with Crippen molar-refractivity contribution >= 4 is 11.9 Å². The molecule has 0 bridgehead atoms. The van der Waals surface area contributed by atoms with Crippen molar-refractivity contribution in [3.05, 3.63) is 17.7 Å². The van der Waals surface area contributed by atoms with Gasteiger partial charge in [-0.3, -0.25) is 4.79 Å². The molecule has 0 aliphatic heterocycles. The molecule has 1 heterocycles. The van der Waals surface area contributed by atoms with Gasteiger partial charge in [0.2, 0.25) is 0 Å². The molecule has 2 N–H and O–H groups in total. The Balaban J connectivity index is 2.79. The van der Waals surface area contributed by atoms with Gasteiger partial charge in [-0.15, -0.1) is 0 Å². The van der Waals surface area contributed by atoms with Gasteiger partial charge in [-0.2, -0.15) is 0 Å². The molecule has 88 valence electrons. The summed E-state index contributed by atoms with van der Waals surface area (Å²) in [7, 11) is 1.64. The van der Waals surface area contributed by atoms with Crippen LogP contribution in [-0.2, 0) is 0 Å². The first kappa shape index (κ1) is 12.2. The molecule has 16 heavy (non-hydrogen) atoms. The van der Waals surface area contributed by atoms with E-state index in [0.717, 1.165) is 12.8 Å². The van der Waals surface area contributed by atoms with E-state index in [0.29, 0.717) is 6.54 Å². The van der Waals surface area contributed by atoms with Crippen LogP contribution in [-0.4, -0.2) is 45.4 Å². The standard InChI is InChI=1S/C10H15N3O3/c1-3-4-5-13(2)9(14)7-8(10(15)16)12-6-11-7/h6H,3-5H2,1-2H3,(H,11,12)(H,15,16). The number of carboxylic acids is 1. The number of imidazole rings is 1. The Morgan fingerprint density at radius 2 is 2.25 bits per heavy atom. The molecule has 0 saturated carbocycles. The van der Waals surface area contributed by atoms with Crippen LogP contribution in [0.2, 0.25) is 0 Å². The maximum absolute atomic E-state index is 11.8. The molecule has 0 radical (unpaired) electrons. The van der Waals surface area contributed by atoms with Crippen molar-refractivity contribution in [1.29, 1.82) is 0 Å². The Morgan fingerprint density at radius 1 is 1.56 bits per heavy atom. The van der Waals surface area contributed by atoms with E-state index in [4.69, 9.17) is 5.11 Å². The lowest BCUT2D eigenvalue weighted by Gasteiger charge is -2.15. The molecule has 0 aliphatic carbocycles. The summed E-state index contributed by atoms with van der Waals surface area (Å²) in [6.07, 6.45) is 3.07. The van der Waals surface area contributed by atoms with Crippen molar-refractivity contribution in [1.82, 2.24) is 14.9 Å². The number of unbranched alkanes of at least 4 members (excludes halogenated alkanes) is 1. The Kier molecular flexibility index (Phi) is 4.04. The maximum Gasteiger partial charge on any atom is 0.354 e. The normalized spacial score (nSPS) is 10.1.